The standard InChI is InChI=1S/C29H33N5O3/c1-20(33-29(36)17-30-2)8-9-21-6-4-5-7-27(21)34(19-35)18-26-25-12-10-22(24-15-31-32-16-24)14-23(25)11-13-28(26)37-3/h4-7,10-16,19-20,30H,8-9,17-18H2,1-3H3,(H,31,32)(H,33,36). The molecule has 0 aliphatic rings. The Labute approximate surface area is 217 Å². The van der Waals surface area contributed by atoms with E-state index in [0.717, 1.165) is 63.7 Å². The fourth-order valence-electron chi connectivity index (χ4n) is 4.60. The zero-order valence-corrected chi connectivity index (χ0v) is 21.5. The van der Waals surface area contributed by atoms with Crippen molar-refractivity contribution in [3.63, 3.8) is 0 Å². The zero-order valence-electron chi connectivity index (χ0n) is 21.5. The number of benzene rings is 3. The number of aromatic amines is 1. The van der Waals surface area contributed by atoms with Crippen molar-refractivity contribution in [3.8, 4) is 16.9 Å². The van der Waals surface area contributed by atoms with Crippen molar-refractivity contribution in [3.05, 3.63) is 78.1 Å². The van der Waals surface area contributed by atoms with Gasteiger partial charge in [-0.05, 0) is 66.9 Å². The predicted octanol–water partition coefficient (Wildman–Crippen LogP) is 4.06. The molecule has 1 unspecified atom stereocenters. The van der Waals surface area contributed by atoms with Gasteiger partial charge in [0.15, 0.2) is 0 Å². The van der Waals surface area contributed by atoms with Crippen LogP contribution in [0.5, 0.6) is 5.75 Å². The molecule has 0 saturated carbocycles. The maximum atomic E-state index is 12.4. The molecule has 0 aliphatic heterocycles. The van der Waals surface area contributed by atoms with Gasteiger partial charge in [-0.3, -0.25) is 14.7 Å². The van der Waals surface area contributed by atoms with Crippen molar-refractivity contribution in [2.75, 3.05) is 25.6 Å². The summed E-state index contributed by atoms with van der Waals surface area (Å²) in [5, 5.41) is 14.8. The molecule has 8 heteroatoms. The molecule has 192 valence electrons. The van der Waals surface area contributed by atoms with Crippen LogP contribution in [0.15, 0.2) is 67.0 Å². The Morgan fingerprint density at radius 2 is 2.00 bits per heavy atom. The first-order valence-electron chi connectivity index (χ1n) is 12.4. The van der Waals surface area contributed by atoms with E-state index in [-0.39, 0.29) is 18.5 Å². The minimum absolute atomic E-state index is 0.0150. The Kier molecular flexibility index (Phi) is 8.53. The summed E-state index contributed by atoms with van der Waals surface area (Å²) in [5.41, 5.74) is 4.91. The lowest BCUT2D eigenvalue weighted by atomic mass is 9.98. The van der Waals surface area contributed by atoms with E-state index in [0.29, 0.717) is 6.54 Å². The lowest BCUT2D eigenvalue weighted by Gasteiger charge is -2.24. The van der Waals surface area contributed by atoms with Crippen molar-refractivity contribution in [2.24, 2.45) is 0 Å². The molecule has 0 fully saturated rings. The highest BCUT2D eigenvalue weighted by Crippen LogP contribution is 2.33. The molecule has 0 radical (unpaired) electrons. The number of H-pyrrole nitrogens is 1. The molecule has 37 heavy (non-hydrogen) atoms. The van der Waals surface area contributed by atoms with Crippen LogP contribution in [0.4, 0.5) is 5.69 Å². The molecule has 2 amide bonds. The highest BCUT2D eigenvalue weighted by Gasteiger charge is 2.17. The normalized spacial score (nSPS) is 11.8. The number of carbonyl (C=O) groups is 2. The van der Waals surface area contributed by atoms with E-state index < -0.39 is 0 Å². The summed E-state index contributed by atoms with van der Waals surface area (Å²) in [5.74, 6) is 0.700. The van der Waals surface area contributed by atoms with Gasteiger partial charge < -0.3 is 20.3 Å². The number of likely N-dealkylation sites (N-methyl/N-ethyl adjacent to an activating group) is 1. The number of fused-ring (bicyclic) bond motifs is 1. The van der Waals surface area contributed by atoms with E-state index >= 15 is 0 Å². The van der Waals surface area contributed by atoms with Crippen LogP contribution >= 0.6 is 0 Å². The number of carbonyl (C=O) groups excluding carboxylic acids is 2. The second-order valence-electron chi connectivity index (χ2n) is 9.07. The number of aromatic nitrogens is 2. The largest absolute Gasteiger partial charge is 0.496 e. The molecule has 3 N–H and O–H groups in total. The molecule has 1 atom stereocenters. The van der Waals surface area contributed by atoms with E-state index in [9.17, 15) is 9.59 Å². The molecule has 4 rings (SSSR count). The fourth-order valence-corrected chi connectivity index (χ4v) is 4.60. The third-order valence-corrected chi connectivity index (χ3v) is 6.49. The van der Waals surface area contributed by atoms with E-state index in [1.54, 1.807) is 25.3 Å². The average molecular weight is 500 g/mol. The second kappa shape index (κ2) is 12.2. The first-order valence-corrected chi connectivity index (χ1v) is 12.4. The van der Waals surface area contributed by atoms with Crippen molar-refractivity contribution < 1.29 is 14.3 Å². The molecule has 0 saturated heterocycles. The summed E-state index contributed by atoms with van der Waals surface area (Å²) >= 11 is 0. The van der Waals surface area contributed by atoms with Gasteiger partial charge >= 0.3 is 0 Å². The van der Waals surface area contributed by atoms with Gasteiger partial charge in [-0.2, -0.15) is 5.10 Å². The van der Waals surface area contributed by atoms with E-state index in [1.807, 2.05) is 49.5 Å². The van der Waals surface area contributed by atoms with E-state index in [1.165, 1.54) is 0 Å². The van der Waals surface area contributed by atoms with Crippen LogP contribution in [0.25, 0.3) is 21.9 Å². The van der Waals surface area contributed by atoms with Crippen LogP contribution < -0.4 is 20.3 Å². The number of hydrogen-bond acceptors (Lipinski definition) is 5. The highest BCUT2D eigenvalue weighted by atomic mass is 16.5. The fraction of sp³-hybridized carbons (Fsp3) is 0.276. The van der Waals surface area contributed by atoms with Crippen molar-refractivity contribution in [2.45, 2.75) is 32.4 Å². The highest BCUT2D eigenvalue weighted by molar-refractivity contribution is 5.92. The molecule has 1 aromatic heterocycles. The monoisotopic (exact) mass is 499 g/mol. The predicted molar refractivity (Wildman–Crippen MR) is 147 cm³/mol. The first-order chi connectivity index (χ1) is 18.0. The molecule has 0 spiro atoms. The molecule has 4 aromatic rings. The Morgan fingerprint density at radius 1 is 1.16 bits per heavy atom. The van der Waals surface area contributed by atoms with Gasteiger partial charge in [0.25, 0.3) is 0 Å². The number of rotatable bonds is 12. The molecule has 0 aliphatic carbocycles. The quantitative estimate of drug-likeness (QED) is 0.255. The lowest BCUT2D eigenvalue weighted by Crippen LogP contribution is -2.38. The van der Waals surface area contributed by atoms with Crippen LogP contribution in [-0.2, 0) is 22.6 Å². The number of para-hydroxylation sites is 1. The van der Waals surface area contributed by atoms with Crippen LogP contribution in [-0.4, -0.2) is 49.3 Å². The topological polar surface area (TPSA) is 99.3 Å². The summed E-state index contributed by atoms with van der Waals surface area (Å²) in [6.45, 7) is 2.64. The Bertz CT molecular complexity index is 1350. The van der Waals surface area contributed by atoms with Gasteiger partial charge in [-0.1, -0.05) is 36.4 Å². The second-order valence-corrected chi connectivity index (χ2v) is 9.07. The molecular formula is C29H33N5O3. The number of amides is 2. The van der Waals surface area contributed by atoms with Crippen molar-refractivity contribution in [1.82, 2.24) is 20.8 Å². The van der Waals surface area contributed by atoms with Gasteiger partial charge in [0, 0.05) is 29.1 Å². The Morgan fingerprint density at radius 3 is 2.73 bits per heavy atom. The number of anilines is 1. The Hall–Kier alpha value is -4.17. The van der Waals surface area contributed by atoms with Gasteiger partial charge in [0.2, 0.25) is 12.3 Å². The summed E-state index contributed by atoms with van der Waals surface area (Å²) in [6, 6.07) is 18.1. The van der Waals surface area contributed by atoms with Crippen LogP contribution in [0.1, 0.15) is 24.5 Å². The first kappa shape index (κ1) is 25.9. The smallest absolute Gasteiger partial charge is 0.234 e. The number of nitrogens with one attached hydrogen (secondary N) is 3. The van der Waals surface area contributed by atoms with E-state index in [2.05, 4.69) is 39.0 Å². The average Bonchev–Trinajstić information content (AvgIpc) is 3.46. The minimum atomic E-state index is -0.0308. The summed E-state index contributed by atoms with van der Waals surface area (Å²) in [7, 11) is 3.39. The molecule has 0 bridgehead atoms. The number of nitrogens with zero attached hydrogens (tertiary/aromatic N) is 2. The SMILES string of the molecule is CNCC(=O)NC(C)CCc1ccccc1N(C=O)Cc1c(OC)ccc2cc(-c3cn[nH]c3)ccc12. The van der Waals surface area contributed by atoms with Crippen LogP contribution in [0.3, 0.4) is 0 Å². The summed E-state index contributed by atoms with van der Waals surface area (Å²) in [4.78, 5) is 26.0. The maximum absolute atomic E-state index is 12.4. The number of aryl methyl sites for hydroxylation is 1. The molecule has 3 aromatic carbocycles. The van der Waals surface area contributed by atoms with Crippen LogP contribution in [0.2, 0.25) is 0 Å². The summed E-state index contributed by atoms with van der Waals surface area (Å²) < 4.78 is 5.70. The third kappa shape index (κ3) is 6.16. The Balaban J connectivity index is 1.60. The zero-order chi connectivity index (χ0) is 26.2. The van der Waals surface area contributed by atoms with Gasteiger partial charge in [0.1, 0.15) is 5.75 Å². The molecular weight excluding hydrogens is 466 g/mol. The van der Waals surface area contributed by atoms with Gasteiger partial charge in [-0.15, -0.1) is 0 Å². The molecule has 8 nitrogen and oxygen atoms in total. The summed E-state index contributed by atoms with van der Waals surface area (Å²) in [6.07, 6.45) is 6.01. The van der Waals surface area contributed by atoms with Crippen LogP contribution in [0, 0.1) is 0 Å². The van der Waals surface area contributed by atoms with Crippen molar-refractivity contribution >= 4 is 28.8 Å². The third-order valence-electron chi connectivity index (χ3n) is 6.49. The number of hydrogen-bond donors (Lipinski definition) is 3. The van der Waals surface area contributed by atoms with E-state index in [4.69, 9.17) is 4.74 Å². The van der Waals surface area contributed by atoms with Gasteiger partial charge in [-0.25, -0.2) is 0 Å². The van der Waals surface area contributed by atoms with Crippen molar-refractivity contribution in [1.29, 1.82) is 0 Å². The molecule has 1 heterocycles. The maximum Gasteiger partial charge on any atom is 0.234 e. The number of ether oxygens (including phenoxy) is 1. The minimum Gasteiger partial charge on any atom is -0.496 e. The van der Waals surface area contributed by atoms with Gasteiger partial charge in [0.05, 0.1) is 26.4 Å². The lowest BCUT2D eigenvalue weighted by molar-refractivity contribution is -0.120. The number of methoxy groups -OCH3 is 1.